The van der Waals surface area contributed by atoms with E-state index in [2.05, 4.69) is 5.32 Å². The molecule has 3 nitrogen and oxygen atoms in total. The zero-order chi connectivity index (χ0) is 12.3. The molecule has 2 rings (SSSR count). The molecule has 0 saturated carbocycles. The van der Waals surface area contributed by atoms with Crippen molar-refractivity contribution in [2.45, 2.75) is 18.9 Å². The topological polar surface area (TPSA) is 47.3 Å². The van der Waals surface area contributed by atoms with Gasteiger partial charge < -0.3 is 15.8 Å². The van der Waals surface area contributed by atoms with Crippen LogP contribution in [0.2, 0.25) is 5.02 Å². The Labute approximate surface area is 111 Å². The first-order chi connectivity index (χ1) is 8.18. The van der Waals surface area contributed by atoms with E-state index in [9.17, 15) is 0 Å². The number of thiocarbonyl (C=S) groups is 1. The lowest BCUT2D eigenvalue weighted by Gasteiger charge is -2.25. The van der Waals surface area contributed by atoms with Crippen molar-refractivity contribution in [3.8, 4) is 0 Å². The molecule has 0 aliphatic carbocycles. The number of nitrogens with two attached hydrogens (primary N) is 1. The summed E-state index contributed by atoms with van der Waals surface area (Å²) in [4.78, 5) is 0.324. The van der Waals surface area contributed by atoms with Crippen LogP contribution in [-0.4, -0.2) is 24.2 Å². The molecule has 0 amide bonds. The molecule has 1 aliphatic heterocycles. The molecule has 5 heteroatoms. The molecule has 0 aromatic heterocycles. The maximum absolute atomic E-state index is 6.11. The van der Waals surface area contributed by atoms with E-state index < -0.39 is 0 Å². The van der Waals surface area contributed by atoms with Crippen molar-refractivity contribution in [1.82, 2.24) is 0 Å². The van der Waals surface area contributed by atoms with Crippen LogP contribution in [-0.2, 0) is 4.74 Å². The number of hydrogen-bond donors (Lipinski definition) is 2. The summed E-state index contributed by atoms with van der Waals surface area (Å²) < 4.78 is 5.32. The van der Waals surface area contributed by atoms with Crippen molar-refractivity contribution in [1.29, 1.82) is 0 Å². The highest BCUT2D eigenvalue weighted by molar-refractivity contribution is 7.80. The van der Waals surface area contributed by atoms with Gasteiger partial charge in [0, 0.05) is 24.9 Å². The van der Waals surface area contributed by atoms with Crippen LogP contribution in [0.3, 0.4) is 0 Å². The van der Waals surface area contributed by atoms with Crippen LogP contribution >= 0.6 is 23.8 Å². The molecule has 1 aromatic carbocycles. The fourth-order valence-electron chi connectivity index (χ4n) is 1.96. The fraction of sp³-hybridized carbons (Fsp3) is 0.417. The molecule has 1 fully saturated rings. The zero-order valence-corrected chi connectivity index (χ0v) is 11.0. The minimum atomic E-state index is 0.324. The van der Waals surface area contributed by atoms with E-state index in [1.165, 1.54) is 0 Å². The van der Waals surface area contributed by atoms with Crippen LogP contribution in [0.4, 0.5) is 5.69 Å². The van der Waals surface area contributed by atoms with E-state index in [0.717, 1.165) is 37.3 Å². The van der Waals surface area contributed by atoms with E-state index in [0.29, 0.717) is 16.1 Å². The van der Waals surface area contributed by atoms with Crippen molar-refractivity contribution in [2.24, 2.45) is 5.73 Å². The maximum Gasteiger partial charge on any atom is 0.107 e. The third kappa shape index (κ3) is 3.09. The predicted octanol–water partition coefficient (Wildman–Crippen LogP) is 2.57. The molecular formula is C12H15ClN2OS. The van der Waals surface area contributed by atoms with Crippen LogP contribution < -0.4 is 11.1 Å². The molecule has 1 aliphatic rings. The summed E-state index contributed by atoms with van der Waals surface area (Å²) in [6.07, 6.45) is 1.98. The summed E-state index contributed by atoms with van der Waals surface area (Å²) in [5, 5.41) is 4.03. The highest BCUT2D eigenvalue weighted by atomic mass is 35.5. The number of rotatable bonds is 3. The summed E-state index contributed by atoms with van der Waals surface area (Å²) in [6, 6.07) is 6.04. The van der Waals surface area contributed by atoms with E-state index in [-0.39, 0.29) is 0 Å². The van der Waals surface area contributed by atoms with Crippen LogP contribution in [0.1, 0.15) is 18.4 Å². The second kappa shape index (κ2) is 5.67. The summed E-state index contributed by atoms with van der Waals surface area (Å²) in [6.45, 7) is 1.58. The van der Waals surface area contributed by atoms with E-state index in [1.54, 1.807) is 6.07 Å². The fourth-order valence-corrected chi connectivity index (χ4v) is 2.51. The number of ether oxygens (including phenoxy) is 1. The van der Waals surface area contributed by atoms with Gasteiger partial charge in [-0.05, 0) is 25.0 Å². The van der Waals surface area contributed by atoms with Crippen molar-refractivity contribution in [3.05, 3.63) is 28.8 Å². The Morgan fingerprint density at radius 2 is 2.12 bits per heavy atom. The maximum atomic E-state index is 6.11. The van der Waals surface area contributed by atoms with Gasteiger partial charge in [0.2, 0.25) is 0 Å². The molecule has 0 radical (unpaired) electrons. The van der Waals surface area contributed by atoms with Gasteiger partial charge in [0.1, 0.15) is 4.99 Å². The summed E-state index contributed by atoms with van der Waals surface area (Å²) >= 11 is 11.1. The smallest absolute Gasteiger partial charge is 0.107 e. The number of halogens is 1. The Bertz CT molecular complexity index is 419. The Kier molecular flexibility index (Phi) is 4.20. The van der Waals surface area contributed by atoms with Gasteiger partial charge in [-0.15, -0.1) is 0 Å². The van der Waals surface area contributed by atoms with E-state index >= 15 is 0 Å². The number of benzene rings is 1. The van der Waals surface area contributed by atoms with Crippen molar-refractivity contribution >= 4 is 34.5 Å². The molecule has 17 heavy (non-hydrogen) atoms. The number of hydrogen-bond acceptors (Lipinski definition) is 3. The average molecular weight is 271 g/mol. The molecule has 92 valence electrons. The van der Waals surface area contributed by atoms with Crippen LogP contribution in [0.15, 0.2) is 18.2 Å². The van der Waals surface area contributed by atoms with Gasteiger partial charge >= 0.3 is 0 Å². The van der Waals surface area contributed by atoms with Gasteiger partial charge in [-0.25, -0.2) is 0 Å². The van der Waals surface area contributed by atoms with Gasteiger partial charge in [0.25, 0.3) is 0 Å². The molecule has 0 atom stereocenters. The minimum Gasteiger partial charge on any atom is -0.389 e. The summed E-state index contributed by atoms with van der Waals surface area (Å²) in [5.74, 6) is 0. The van der Waals surface area contributed by atoms with E-state index in [4.69, 9.17) is 34.3 Å². The molecule has 1 saturated heterocycles. The highest BCUT2D eigenvalue weighted by Crippen LogP contribution is 2.26. The number of anilines is 1. The van der Waals surface area contributed by atoms with Gasteiger partial charge in [-0.2, -0.15) is 0 Å². The SMILES string of the molecule is NC(=S)c1c(Cl)cccc1NC1CCOCC1. The standard InChI is InChI=1S/C12H15ClN2OS/c13-9-2-1-3-10(11(9)12(14)17)15-8-4-6-16-7-5-8/h1-3,8,15H,4-7H2,(H2,14,17). The largest absolute Gasteiger partial charge is 0.389 e. The lowest BCUT2D eigenvalue weighted by Crippen LogP contribution is -2.29. The quantitative estimate of drug-likeness (QED) is 0.829. The van der Waals surface area contributed by atoms with Crippen molar-refractivity contribution in [2.75, 3.05) is 18.5 Å². The van der Waals surface area contributed by atoms with Crippen LogP contribution in [0.5, 0.6) is 0 Å². The lowest BCUT2D eigenvalue weighted by atomic mass is 10.1. The number of nitrogens with one attached hydrogen (secondary N) is 1. The Morgan fingerprint density at radius 1 is 1.41 bits per heavy atom. The average Bonchev–Trinajstić information content (AvgIpc) is 2.30. The third-order valence-corrected chi connectivity index (χ3v) is 3.36. The first-order valence-electron chi connectivity index (χ1n) is 5.61. The normalized spacial score (nSPS) is 16.8. The first kappa shape index (κ1) is 12.6. The second-order valence-corrected chi connectivity index (χ2v) is 4.90. The molecule has 0 bridgehead atoms. The van der Waals surface area contributed by atoms with Gasteiger partial charge in [-0.1, -0.05) is 29.9 Å². The van der Waals surface area contributed by atoms with Crippen LogP contribution in [0.25, 0.3) is 0 Å². The van der Waals surface area contributed by atoms with E-state index in [1.807, 2.05) is 12.1 Å². The molecule has 0 spiro atoms. The molecule has 1 heterocycles. The van der Waals surface area contributed by atoms with Gasteiger partial charge in [0.15, 0.2) is 0 Å². The van der Waals surface area contributed by atoms with Gasteiger partial charge in [0.05, 0.1) is 10.6 Å². The molecule has 0 unspecified atom stereocenters. The summed E-state index contributed by atoms with van der Waals surface area (Å²) in [7, 11) is 0. The molecular weight excluding hydrogens is 256 g/mol. The van der Waals surface area contributed by atoms with Crippen LogP contribution in [0, 0.1) is 0 Å². The Hall–Kier alpha value is -0.840. The molecule has 3 N–H and O–H groups in total. The minimum absolute atomic E-state index is 0.324. The monoisotopic (exact) mass is 270 g/mol. The molecule has 1 aromatic rings. The summed E-state index contributed by atoms with van der Waals surface area (Å²) in [5.41, 5.74) is 7.35. The Balaban J connectivity index is 2.19. The van der Waals surface area contributed by atoms with Crippen molar-refractivity contribution in [3.63, 3.8) is 0 Å². The predicted molar refractivity (Wildman–Crippen MR) is 74.8 cm³/mol. The zero-order valence-electron chi connectivity index (χ0n) is 9.41. The van der Waals surface area contributed by atoms with Gasteiger partial charge in [-0.3, -0.25) is 0 Å². The van der Waals surface area contributed by atoms with Crippen molar-refractivity contribution < 1.29 is 4.74 Å². The second-order valence-electron chi connectivity index (χ2n) is 4.06. The highest BCUT2D eigenvalue weighted by Gasteiger charge is 2.16. The third-order valence-electron chi connectivity index (χ3n) is 2.84. The lowest BCUT2D eigenvalue weighted by molar-refractivity contribution is 0.0904. The first-order valence-corrected chi connectivity index (χ1v) is 6.39. The Morgan fingerprint density at radius 3 is 2.76 bits per heavy atom.